The summed E-state index contributed by atoms with van der Waals surface area (Å²) in [5.74, 6) is 2.35. The Morgan fingerprint density at radius 1 is 1.32 bits per heavy atom. The van der Waals surface area contributed by atoms with Crippen molar-refractivity contribution in [1.82, 2.24) is 4.98 Å². The third kappa shape index (κ3) is 3.63. The first-order chi connectivity index (χ1) is 10.3. The SMILES string of the molecule is CCc1ccc(C(Nc2ccc([N+](=O)[O-])cn2)C(C)(C)C)o1. The van der Waals surface area contributed by atoms with E-state index in [0.717, 1.165) is 17.9 Å². The summed E-state index contributed by atoms with van der Waals surface area (Å²) in [4.78, 5) is 14.3. The summed E-state index contributed by atoms with van der Waals surface area (Å²) in [5, 5.41) is 14.0. The van der Waals surface area contributed by atoms with Crippen LogP contribution in [0.3, 0.4) is 0 Å². The molecule has 0 aliphatic heterocycles. The van der Waals surface area contributed by atoms with Crippen molar-refractivity contribution < 1.29 is 9.34 Å². The van der Waals surface area contributed by atoms with E-state index in [1.54, 1.807) is 6.07 Å². The Morgan fingerprint density at radius 2 is 2.05 bits per heavy atom. The maximum absolute atomic E-state index is 10.7. The van der Waals surface area contributed by atoms with Gasteiger partial charge in [0.05, 0.1) is 11.0 Å². The van der Waals surface area contributed by atoms with Crippen LogP contribution in [0.2, 0.25) is 0 Å². The second-order valence-corrected chi connectivity index (χ2v) is 6.26. The normalized spacial score (nSPS) is 12.9. The standard InChI is InChI=1S/C16H21N3O3/c1-5-12-7-8-13(22-12)15(16(2,3)4)18-14-9-6-11(10-17-14)19(20)21/h6-10,15H,5H2,1-4H3,(H,17,18). The third-order valence-electron chi connectivity index (χ3n) is 3.43. The number of nitro groups is 1. The Balaban J connectivity index is 2.25. The highest BCUT2D eigenvalue weighted by Gasteiger charge is 2.29. The van der Waals surface area contributed by atoms with Gasteiger partial charge in [-0.05, 0) is 23.6 Å². The number of aryl methyl sites for hydroxylation is 1. The number of hydrogen-bond acceptors (Lipinski definition) is 5. The minimum atomic E-state index is -0.460. The number of anilines is 1. The fourth-order valence-electron chi connectivity index (χ4n) is 2.18. The van der Waals surface area contributed by atoms with E-state index in [1.165, 1.54) is 12.3 Å². The summed E-state index contributed by atoms with van der Waals surface area (Å²) in [6, 6.07) is 6.91. The van der Waals surface area contributed by atoms with E-state index >= 15 is 0 Å². The molecule has 22 heavy (non-hydrogen) atoms. The molecule has 0 saturated heterocycles. The average molecular weight is 303 g/mol. The molecule has 2 aromatic rings. The van der Waals surface area contributed by atoms with Crippen molar-refractivity contribution in [1.29, 1.82) is 0 Å². The maximum Gasteiger partial charge on any atom is 0.287 e. The van der Waals surface area contributed by atoms with Gasteiger partial charge in [0, 0.05) is 12.5 Å². The number of aromatic nitrogens is 1. The third-order valence-corrected chi connectivity index (χ3v) is 3.43. The van der Waals surface area contributed by atoms with Crippen LogP contribution < -0.4 is 5.32 Å². The summed E-state index contributed by atoms with van der Waals surface area (Å²) in [5.41, 5.74) is -0.129. The number of rotatable bonds is 5. The lowest BCUT2D eigenvalue weighted by Gasteiger charge is -2.30. The molecule has 0 amide bonds. The van der Waals surface area contributed by atoms with E-state index in [1.807, 2.05) is 19.1 Å². The van der Waals surface area contributed by atoms with Gasteiger partial charge in [0.15, 0.2) is 0 Å². The number of furan rings is 1. The second kappa shape index (κ2) is 6.17. The van der Waals surface area contributed by atoms with Crippen LogP contribution in [0.25, 0.3) is 0 Å². The molecule has 1 atom stereocenters. The predicted octanol–water partition coefficient (Wildman–Crippen LogP) is 4.34. The molecule has 0 fully saturated rings. The Kier molecular flexibility index (Phi) is 4.49. The lowest BCUT2D eigenvalue weighted by atomic mass is 9.85. The number of nitrogens with zero attached hydrogens (tertiary/aromatic N) is 2. The molecular weight excluding hydrogens is 282 g/mol. The van der Waals surface area contributed by atoms with Crippen molar-refractivity contribution in [3.63, 3.8) is 0 Å². The summed E-state index contributed by atoms with van der Waals surface area (Å²) < 4.78 is 5.86. The molecule has 1 N–H and O–H groups in total. The highest BCUT2D eigenvalue weighted by molar-refractivity contribution is 5.42. The van der Waals surface area contributed by atoms with Gasteiger partial charge in [0.1, 0.15) is 23.5 Å². The van der Waals surface area contributed by atoms with Crippen LogP contribution in [0, 0.1) is 15.5 Å². The molecule has 0 aliphatic carbocycles. The first kappa shape index (κ1) is 16.0. The van der Waals surface area contributed by atoms with Crippen LogP contribution in [-0.2, 0) is 6.42 Å². The van der Waals surface area contributed by atoms with Crippen LogP contribution in [0.5, 0.6) is 0 Å². The fraction of sp³-hybridized carbons (Fsp3) is 0.438. The summed E-state index contributed by atoms with van der Waals surface area (Å²) in [6.45, 7) is 8.35. The lowest BCUT2D eigenvalue weighted by Crippen LogP contribution is -2.25. The van der Waals surface area contributed by atoms with Gasteiger partial charge in [0.2, 0.25) is 0 Å². The van der Waals surface area contributed by atoms with Crippen LogP contribution >= 0.6 is 0 Å². The maximum atomic E-state index is 10.7. The fourth-order valence-corrected chi connectivity index (χ4v) is 2.18. The lowest BCUT2D eigenvalue weighted by molar-refractivity contribution is -0.385. The van der Waals surface area contributed by atoms with Gasteiger partial charge in [-0.2, -0.15) is 0 Å². The first-order valence-corrected chi connectivity index (χ1v) is 7.27. The van der Waals surface area contributed by atoms with Gasteiger partial charge in [-0.3, -0.25) is 10.1 Å². The first-order valence-electron chi connectivity index (χ1n) is 7.27. The van der Waals surface area contributed by atoms with Crippen molar-refractivity contribution in [2.24, 2.45) is 5.41 Å². The van der Waals surface area contributed by atoms with Crippen LogP contribution in [0.15, 0.2) is 34.9 Å². The zero-order valence-corrected chi connectivity index (χ0v) is 13.3. The Morgan fingerprint density at radius 3 is 2.50 bits per heavy atom. The minimum Gasteiger partial charge on any atom is -0.464 e. The van der Waals surface area contributed by atoms with E-state index in [-0.39, 0.29) is 17.1 Å². The highest BCUT2D eigenvalue weighted by atomic mass is 16.6. The van der Waals surface area contributed by atoms with Gasteiger partial charge < -0.3 is 9.73 Å². The van der Waals surface area contributed by atoms with Crippen molar-refractivity contribution >= 4 is 11.5 Å². The molecule has 0 radical (unpaired) electrons. The Labute approximate surface area is 129 Å². The van der Waals surface area contributed by atoms with E-state index < -0.39 is 4.92 Å². The monoisotopic (exact) mass is 303 g/mol. The molecule has 0 aromatic carbocycles. The molecule has 0 spiro atoms. The second-order valence-electron chi connectivity index (χ2n) is 6.26. The predicted molar refractivity (Wildman–Crippen MR) is 84.8 cm³/mol. The number of hydrogen-bond donors (Lipinski definition) is 1. The van der Waals surface area contributed by atoms with Crippen LogP contribution in [0.4, 0.5) is 11.5 Å². The van der Waals surface area contributed by atoms with E-state index in [9.17, 15) is 10.1 Å². The summed E-state index contributed by atoms with van der Waals surface area (Å²) in [7, 11) is 0. The van der Waals surface area contributed by atoms with Gasteiger partial charge in [0.25, 0.3) is 5.69 Å². The van der Waals surface area contributed by atoms with Gasteiger partial charge in [-0.1, -0.05) is 27.7 Å². The van der Waals surface area contributed by atoms with E-state index in [0.29, 0.717) is 5.82 Å². The molecule has 2 rings (SSSR count). The largest absolute Gasteiger partial charge is 0.464 e. The number of pyridine rings is 1. The smallest absolute Gasteiger partial charge is 0.287 e. The molecule has 6 nitrogen and oxygen atoms in total. The van der Waals surface area contributed by atoms with Crippen LogP contribution in [-0.4, -0.2) is 9.91 Å². The average Bonchev–Trinajstić information content (AvgIpc) is 2.92. The Bertz CT molecular complexity index is 641. The number of nitrogens with one attached hydrogen (secondary N) is 1. The van der Waals surface area contributed by atoms with Crippen molar-refractivity contribution in [3.8, 4) is 0 Å². The van der Waals surface area contributed by atoms with Crippen molar-refractivity contribution in [3.05, 3.63) is 52.1 Å². The van der Waals surface area contributed by atoms with Gasteiger partial charge >= 0.3 is 0 Å². The van der Waals surface area contributed by atoms with Gasteiger partial charge in [-0.25, -0.2) is 4.98 Å². The molecule has 0 saturated carbocycles. The summed E-state index contributed by atoms with van der Waals surface area (Å²) >= 11 is 0. The highest BCUT2D eigenvalue weighted by Crippen LogP contribution is 2.36. The molecule has 6 heteroatoms. The molecule has 2 aromatic heterocycles. The van der Waals surface area contributed by atoms with E-state index in [4.69, 9.17) is 4.42 Å². The zero-order valence-electron chi connectivity index (χ0n) is 13.3. The molecular formula is C16H21N3O3. The van der Waals surface area contributed by atoms with Gasteiger partial charge in [-0.15, -0.1) is 0 Å². The van der Waals surface area contributed by atoms with E-state index in [2.05, 4.69) is 31.1 Å². The molecule has 0 aliphatic rings. The molecule has 118 valence electrons. The van der Waals surface area contributed by atoms with Crippen molar-refractivity contribution in [2.75, 3.05) is 5.32 Å². The molecule has 2 heterocycles. The molecule has 0 bridgehead atoms. The Hall–Kier alpha value is -2.37. The summed E-state index contributed by atoms with van der Waals surface area (Å²) in [6.07, 6.45) is 2.09. The zero-order chi connectivity index (χ0) is 16.3. The molecule has 1 unspecified atom stereocenters. The van der Waals surface area contributed by atoms with Crippen molar-refractivity contribution in [2.45, 2.75) is 40.2 Å². The minimum absolute atomic E-state index is 0.0240. The van der Waals surface area contributed by atoms with Crippen LogP contribution in [0.1, 0.15) is 45.3 Å². The topological polar surface area (TPSA) is 81.2 Å². The quantitative estimate of drug-likeness (QED) is 0.656.